The van der Waals surface area contributed by atoms with Crippen LogP contribution >= 0.6 is 0 Å². The fourth-order valence-electron chi connectivity index (χ4n) is 3.56. The summed E-state index contributed by atoms with van der Waals surface area (Å²) in [6.45, 7) is 4.78. The number of rotatable bonds is 6. The fraction of sp³-hybridized carbons (Fsp3) is 0.286. The minimum atomic E-state index is 0.217. The van der Waals surface area contributed by atoms with Crippen LogP contribution in [-0.4, -0.2) is 48.2 Å². The van der Waals surface area contributed by atoms with Crippen LogP contribution in [0.25, 0.3) is 0 Å². The van der Waals surface area contributed by atoms with Gasteiger partial charge in [0.05, 0.1) is 39.0 Å². The number of methoxy groups -OCH3 is 1. The fourth-order valence-corrected chi connectivity index (χ4v) is 3.56. The average molecular weight is 392 g/mol. The van der Waals surface area contributed by atoms with Crippen molar-refractivity contribution >= 4 is 23.3 Å². The Kier molecular flexibility index (Phi) is 5.71. The largest absolute Gasteiger partial charge is 0.495 e. The molecular weight excluding hydrogens is 366 g/mol. The van der Waals surface area contributed by atoms with E-state index >= 15 is 0 Å². The average Bonchev–Trinajstić information content (AvgIpc) is 2.75. The molecule has 150 valence electrons. The van der Waals surface area contributed by atoms with Crippen LogP contribution in [0.1, 0.15) is 5.82 Å². The summed E-state index contributed by atoms with van der Waals surface area (Å²) in [5.74, 6) is 2.06. The predicted molar refractivity (Wildman–Crippen MR) is 114 cm³/mol. The lowest BCUT2D eigenvalue weighted by Crippen LogP contribution is -3.13. The monoisotopic (exact) mass is 392 g/mol. The van der Waals surface area contributed by atoms with Crippen molar-refractivity contribution in [3.05, 3.63) is 60.4 Å². The van der Waals surface area contributed by atoms with Crippen LogP contribution in [0.2, 0.25) is 0 Å². The van der Waals surface area contributed by atoms with E-state index in [-0.39, 0.29) is 5.95 Å². The van der Waals surface area contributed by atoms with E-state index < -0.39 is 0 Å². The number of para-hydroxylation sites is 3. The molecule has 1 saturated heterocycles. The number of quaternary nitrogens is 1. The van der Waals surface area contributed by atoms with Gasteiger partial charge in [0.2, 0.25) is 11.9 Å². The molecule has 0 amide bonds. The van der Waals surface area contributed by atoms with Crippen molar-refractivity contribution in [1.82, 2.24) is 15.0 Å². The topological polar surface area (TPSA) is 93.6 Å². The Morgan fingerprint density at radius 3 is 2.48 bits per heavy atom. The third-order valence-corrected chi connectivity index (χ3v) is 5.05. The molecule has 0 saturated carbocycles. The maximum Gasteiger partial charge on any atom is 0.232 e. The van der Waals surface area contributed by atoms with Crippen LogP contribution in [0, 0.1) is 0 Å². The number of piperazine rings is 1. The van der Waals surface area contributed by atoms with Crippen LogP contribution in [0.5, 0.6) is 5.75 Å². The zero-order valence-corrected chi connectivity index (χ0v) is 16.5. The van der Waals surface area contributed by atoms with Crippen molar-refractivity contribution in [2.24, 2.45) is 0 Å². The number of nitrogens with two attached hydrogens (primary N) is 1. The van der Waals surface area contributed by atoms with E-state index in [1.165, 1.54) is 10.6 Å². The van der Waals surface area contributed by atoms with Gasteiger partial charge < -0.3 is 25.6 Å². The van der Waals surface area contributed by atoms with Crippen molar-refractivity contribution in [2.75, 3.05) is 49.2 Å². The minimum absolute atomic E-state index is 0.217. The number of aromatic nitrogens is 3. The first-order valence-corrected chi connectivity index (χ1v) is 9.75. The molecule has 2 aromatic carbocycles. The van der Waals surface area contributed by atoms with Crippen LogP contribution in [-0.2, 0) is 6.54 Å². The zero-order valence-electron chi connectivity index (χ0n) is 16.5. The number of nitrogens with one attached hydrogen (secondary N) is 2. The Morgan fingerprint density at radius 1 is 1.00 bits per heavy atom. The van der Waals surface area contributed by atoms with Crippen molar-refractivity contribution in [1.29, 1.82) is 0 Å². The second kappa shape index (κ2) is 8.74. The molecule has 4 rings (SSSR count). The second-order valence-electron chi connectivity index (χ2n) is 7.01. The first-order chi connectivity index (χ1) is 14.2. The quantitative estimate of drug-likeness (QED) is 0.579. The Bertz CT molecular complexity index is 943. The lowest BCUT2D eigenvalue weighted by molar-refractivity contribution is -0.915. The molecule has 8 heteroatoms. The van der Waals surface area contributed by atoms with Crippen molar-refractivity contribution < 1.29 is 9.64 Å². The second-order valence-corrected chi connectivity index (χ2v) is 7.01. The maximum atomic E-state index is 5.94. The first-order valence-electron chi connectivity index (χ1n) is 9.75. The Balaban J connectivity index is 1.41. The van der Waals surface area contributed by atoms with Gasteiger partial charge in [-0.3, -0.25) is 0 Å². The van der Waals surface area contributed by atoms with E-state index in [4.69, 9.17) is 10.5 Å². The van der Waals surface area contributed by atoms with E-state index in [0.29, 0.717) is 11.8 Å². The highest BCUT2D eigenvalue weighted by Crippen LogP contribution is 2.25. The normalized spacial score (nSPS) is 14.6. The molecule has 8 nitrogen and oxygen atoms in total. The van der Waals surface area contributed by atoms with Crippen molar-refractivity contribution in [2.45, 2.75) is 6.54 Å². The zero-order chi connectivity index (χ0) is 20.1. The van der Waals surface area contributed by atoms with E-state index in [1.54, 1.807) is 7.11 Å². The van der Waals surface area contributed by atoms with Gasteiger partial charge in [-0.05, 0) is 24.3 Å². The van der Waals surface area contributed by atoms with Crippen molar-refractivity contribution in [3.8, 4) is 5.75 Å². The van der Waals surface area contributed by atoms with Gasteiger partial charge in [0.1, 0.15) is 12.3 Å². The van der Waals surface area contributed by atoms with E-state index in [1.807, 2.05) is 30.3 Å². The summed E-state index contributed by atoms with van der Waals surface area (Å²) >= 11 is 0. The van der Waals surface area contributed by atoms with Gasteiger partial charge >= 0.3 is 0 Å². The number of hydrogen-bond donors (Lipinski definition) is 3. The summed E-state index contributed by atoms with van der Waals surface area (Å²) in [5.41, 5.74) is 8.00. The van der Waals surface area contributed by atoms with Crippen LogP contribution < -0.4 is 25.6 Å². The molecule has 0 aliphatic carbocycles. The number of nitrogen functional groups attached to an aromatic ring is 1. The summed E-state index contributed by atoms with van der Waals surface area (Å²) in [7, 11) is 1.63. The molecule has 0 bridgehead atoms. The summed E-state index contributed by atoms with van der Waals surface area (Å²) in [4.78, 5) is 17.0. The third kappa shape index (κ3) is 4.72. The first kappa shape index (κ1) is 18.9. The standard InChI is InChI=1S/C21H25N7O/c1-29-18-10-6-5-9-17(18)23-21-25-19(24-20(22)26-21)15-27-11-13-28(14-12-27)16-7-3-2-4-8-16/h2-10H,11-15H2,1H3,(H3,22,23,24,25,26)/p+1. The maximum absolute atomic E-state index is 5.94. The Hall–Kier alpha value is -3.39. The molecule has 1 fully saturated rings. The molecule has 4 N–H and O–H groups in total. The predicted octanol–water partition coefficient (Wildman–Crippen LogP) is 1.11. The molecule has 0 spiro atoms. The Labute approximate surface area is 170 Å². The van der Waals surface area contributed by atoms with E-state index in [0.717, 1.165) is 44.2 Å². The lowest BCUT2D eigenvalue weighted by atomic mass is 10.2. The minimum Gasteiger partial charge on any atom is -0.495 e. The lowest BCUT2D eigenvalue weighted by Gasteiger charge is -2.33. The number of hydrogen-bond acceptors (Lipinski definition) is 7. The number of benzene rings is 2. The van der Waals surface area contributed by atoms with Crippen LogP contribution in [0.4, 0.5) is 23.3 Å². The SMILES string of the molecule is COc1ccccc1Nc1nc(N)nc(C[NH+]2CCN(c3ccccc3)CC2)n1. The van der Waals surface area contributed by atoms with Crippen molar-refractivity contribution in [3.63, 3.8) is 0 Å². The molecule has 29 heavy (non-hydrogen) atoms. The third-order valence-electron chi connectivity index (χ3n) is 5.05. The van der Waals surface area contributed by atoms with E-state index in [9.17, 15) is 0 Å². The highest BCUT2D eigenvalue weighted by molar-refractivity contribution is 5.62. The summed E-state index contributed by atoms with van der Waals surface area (Å²) in [6.07, 6.45) is 0. The number of anilines is 4. The molecule has 3 aromatic rings. The molecule has 0 unspecified atom stereocenters. The molecule has 2 heterocycles. The van der Waals surface area contributed by atoms with Gasteiger partial charge in [0, 0.05) is 5.69 Å². The summed E-state index contributed by atoms with van der Waals surface area (Å²) in [5, 5.41) is 3.19. The Morgan fingerprint density at radius 2 is 1.72 bits per heavy atom. The van der Waals surface area contributed by atoms with E-state index in [2.05, 4.69) is 49.4 Å². The summed E-state index contributed by atoms with van der Waals surface area (Å²) in [6, 6.07) is 18.2. The molecule has 1 aliphatic rings. The number of nitrogens with zero attached hydrogens (tertiary/aromatic N) is 4. The number of ether oxygens (including phenoxy) is 1. The van der Waals surface area contributed by atoms with Gasteiger partial charge in [-0.25, -0.2) is 0 Å². The molecule has 0 radical (unpaired) electrons. The molecule has 0 atom stereocenters. The molecule has 1 aromatic heterocycles. The molecule has 1 aliphatic heterocycles. The molecular formula is C21H26N7O+. The smallest absolute Gasteiger partial charge is 0.232 e. The summed E-state index contributed by atoms with van der Waals surface area (Å²) < 4.78 is 5.37. The highest BCUT2D eigenvalue weighted by atomic mass is 16.5. The van der Waals surface area contributed by atoms with Gasteiger partial charge in [0.15, 0.2) is 5.82 Å². The van der Waals surface area contributed by atoms with Gasteiger partial charge in [-0.1, -0.05) is 30.3 Å². The van der Waals surface area contributed by atoms with Crippen LogP contribution in [0.3, 0.4) is 0 Å². The van der Waals surface area contributed by atoms with Gasteiger partial charge in [-0.15, -0.1) is 0 Å². The van der Waals surface area contributed by atoms with Gasteiger partial charge in [0.25, 0.3) is 0 Å². The van der Waals surface area contributed by atoms with Gasteiger partial charge in [-0.2, -0.15) is 15.0 Å². The highest BCUT2D eigenvalue weighted by Gasteiger charge is 2.21. The van der Waals surface area contributed by atoms with Crippen LogP contribution in [0.15, 0.2) is 54.6 Å².